The number of nitrogens with one attached hydrogen (secondary N) is 1. The van der Waals surface area contributed by atoms with Crippen LogP contribution in [0.2, 0.25) is 0 Å². The van der Waals surface area contributed by atoms with Crippen molar-refractivity contribution in [3.63, 3.8) is 0 Å². The molecule has 1 aliphatic heterocycles. The number of piperidine rings is 1. The Bertz CT molecular complexity index is 154. The maximum Gasteiger partial charge on any atom is 0.507 e. The Morgan fingerprint density at radius 2 is 2.33 bits per heavy atom. The highest BCUT2D eigenvalue weighted by atomic mass is 35.5. The quantitative estimate of drug-likeness (QED) is 0.622. The van der Waals surface area contributed by atoms with Crippen LogP contribution in [0.5, 0.6) is 0 Å². The summed E-state index contributed by atoms with van der Waals surface area (Å²) in [6.07, 6.45) is 0.388. The SMILES string of the molecule is C[C@H]1CCN[C@H](OC(=O)O)C1.Cl. The number of carboxylic acid groups (broad SMARTS) is 1. The van der Waals surface area contributed by atoms with Crippen LogP contribution in [0.15, 0.2) is 0 Å². The predicted molar refractivity (Wildman–Crippen MR) is 46.5 cm³/mol. The monoisotopic (exact) mass is 195 g/mol. The van der Waals surface area contributed by atoms with Crippen molar-refractivity contribution in [3.05, 3.63) is 0 Å². The van der Waals surface area contributed by atoms with Gasteiger partial charge in [-0.2, -0.15) is 0 Å². The molecule has 2 N–H and O–H groups in total. The van der Waals surface area contributed by atoms with Crippen molar-refractivity contribution in [2.45, 2.75) is 26.0 Å². The van der Waals surface area contributed by atoms with Gasteiger partial charge in [-0.3, -0.25) is 5.32 Å². The van der Waals surface area contributed by atoms with Crippen molar-refractivity contribution in [2.75, 3.05) is 6.54 Å². The molecule has 0 aromatic heterocycles. The maximum atomic E-state index is 10.1. The van der Waals surface area contributed by atoms with Crippen LogP contribution in [0.1, 0.15) is 19.8 Å². The molecule has 5 heteroatoms. The predicted octanol–water partition coefficient (Wildman–Crippen LogP) is 1.45. The van der Waals surface area contributed by atoms with Gasteiger partial charge in [0.1, 0.15) is 0 Å². The van der Waals surface area contributed by atoms with Gasteiger partial charge in [-0.05, 0) is 18.9 Å². The molecule has 0 radical (unpaired) electrons. The van der Waals surface area contributed by atoms with Crippen molar-refractivity contribution in [1.29, 1.82) is 0 Å². The van der Waals surface area contributed by atoms with Crippen molar-refractivity contribution in [1.82, 2.24) is 5.32 Å². The van der Waals surface area contributed by atoms with E-state index >= 15 is 0 Å². The van der Waals surface area contributed by atoms with E-state index in [0.717, 1.165) is 19.4 Å². The van der Waals surface area contributed by atoms with Crippen molar-refractivity contribution < 1.29 is 14.6 Å². The van der Waals surface area contributed by atoms with Crippen LogP contribution in [0.4, 0.5) is 4.79 Å². The molecule has 0 aromatic rings. The topological polar surface area (TPSA) is 58.6 Å². The van der Waals surface area contributed by atoms with Crippen LogP contribution in [0, 0.1) is 5.92 Å². The zero-order valence-corrected chi connectivity index (χ0v) is 7.76. The molecule has 0 unspecified atom stereocenters. The molecule has 0 amide bonds. The van der Waals surface area contributed by atoms with E-state index in [0.29, 0.717) is 5.92 Å². The van der Waals surface area contributed by atoms with Gasteiger partial charge in [0, 0.05) is 6.42 Å². The number of halogens is 1. The highest BCUT2D eigenvalue weighted by Crippen LogP contribution is 2.15. The van der Waals surface area contributed by atoms with Crippen LogP contribution >= 0.6 is 12.4 Å². The van der Waals surface area contributed by atoms with Gasteiger partial charge in [-0.15, -0.1) is 12.4 Å². The highest BCUT2D eigenvalue weighted by Gasteiger charge is 2.20. The lowest BCUT2D eigenvalue weighted by Gasteiger charge is -2.26. The van der Waals surface area contributed by atoms with Gasteiger partial charge in [0.2, 0.25) is 0 Å². The molecular formula is C7H14ClNO3. The van der Waals surface area contributed by atoms with E-state index < -0.39 is 6.16 Å². The Morgan fingerprint density at radius 3 is 2.83 bits per heavy atom. The molecule has 12 heavy (non-hydrogen) atoms. The number of carbonyl (C=O) groups is 1. The summed E-state index contributed by atoms with van der Waals surface area (Å²) < 4.78 is 4.57. The Balaban J connectivity index is 0.00000121. The molecule has 1 fully saturated rings. The van der Waals surface area contributed by atoms with Gasteiger partial charge in [0.15, 0.2) is 6.23 Å². The normalized spacial score (nSPS) is 28.8. The zero-order valence-electron chi connectivity index (χ0n) is 6.95. The lowest BCUT2D eigenvalue weighted by molar-refractivity contribution is 0.0153. The third-order valence-corrected chi connectivity index (χ3v) is 1.87. The van der Waals surface area contributed by atoms with Gasteiger partial charge in [-0.25, -0.2) is 4.79 Å². The average Bonchev–Trinajstić information content (AvgIpc) is 1.85. The summed E-state index contributed by atoms with van der Waals surface area (Å²) in [5, 5.41) is 11.3. The molecule has 1 rings (SSSR count). The van der Waals surface area contributed by atoms with Crippen molar-refractivity contribution in [3.8, 4) is 0 Å². The molecule has 72 valence electrons. The first-order valence-corrected chi connectivity index (χ1v) is 3.81. The lowest BCUT2D eigenvalue weighted by Crippen LogP contribution is -2.40. The number of rotatable bonds is 1. The first-order valence-electron chi connectivity index (χ1n) is 3.81. The van der Waals surface area contributed by atoms with E-state index in [9.17, 15) is 4.79 Å². The molecule has 0 saturated carbocycles. The summed E-state index contributed by atoms with van der Waals surface area (Å²) in [5.74, 6) is 0.556. The minimum atomic E-state index is -1.20. The smallest absolute Gasteiger partial charge is 0.450 e. The number of hydrogen-bond donors (Lipinski definition) is 2. The maximum absolute atomic E-state index is 10.1. The summed E-state index contributed by atoms with van der Waals surface area (Å²) in [6, 6.07) is 0. The molecule has 0 aromatic carbocycles. The van der Waals surface area contributed by atoms with Crippen LogP contribution in [-0.2, 0) is 4.74 Å². The van der Waals surface area contributed by atoms with E-state index in [1.54, 1.807) is 0 Å². The number of hydrogen-bond acceptors (Lipinski definition) is 3. The summed E-state index contributed by atoms with van der Waals surface area (Å²) >= 11 is 0. The second-order valence-electron chi connectivity index (χ2n) is 2.96. The fraction of sp³-hybridized carbons (Fsp3) is 0.857. The molecule has 0 spiro atoms. The molecule has 1 heterocycles. The number of ether oxygens (including phenoxy) is 1. The summed E-state index contributed by atoms with van der Waals surface area (Å²) in [6.45, 7) is 2.94. The van der Waals surface area contributed by atoms with Crippen LogP contribution in [0.3, 0.4) is 0 Å². The summed E-state index contributed by atoms with van der Waals surface area (Å²) in [7, 11) is 0. The second-order valence-corrected chi connectivity index (χ2v) is 2.96. The molecule has 2 atom stereocenters. The second kappa shape index (κ2) is 5.22. The lowest BCUT2D eigenvalue weighted by atomic mass is 9.99. The van der Waals surface area contributed by atoms with Crippen LogP contribution in [0.25, 0.3) is 0 Å². The van der Waals surface area contributed by atoms with Crippen molar-refractivity contribution >= 4 is 18.6 Å². The molecule has 0 aliphatic carbocycles. The highest BCUT2D eigenvalue weighted by molar-refractivity contribution is 5.85. The Hall–Kier alpha value is -0.480. The third-order valence-electron chi connectivity index (χ3n) is 1.87. The van der Waals surface area contributed by atoms with Crippen molar-refractivity contribution in [2.24, 2.45) is 5.92 Å². The minimum absolute atomic E-state index is 0. The van der Waals surface area contributed by atoms with E-state index in [2.05, 4.69) is 17.0 Å². The standard InChI is InChI=1S/C7H13NO3.ClH/c1-5-2-3-8-6(4-5)11-7(9)10;/h5-6,8H,2-4H2,1H3,(H,9,10);1H/t5-,6+;/m0./s1. The molecule has 4 nitrogen and oxygen atoms in total. The fourth-order valence-electron chi connectivity index (χ4n) is 1.27. The first kappa shape index (κ1) is 11.5. The van der Waals surface area contributed by atoms with E-state index in [1.807, 2.05) is 0 Å². The molecular weight excluding hydrogens is 182 g/mol. The van der Waals surface area contributed by atoms with Gasteiger partial charge < -0.3 is 9.84 Å². The Morgan fingerprint density at radius 1 is 1.67 bits per heavy atom. The summed E-state index contributed by atoms with van der Waals surface area (Å²) in [5.41, 5.74) is 0. The van der Waals surface area contributed by atoms with E-state index in [-0.39, 0.29) is 18.6 Å². The molecule has 1 saturated heterocycles. The molecule has 0 bridgehead atoms. The largest absolute Gasteiger partial charge is 0.507 e. The Labute approximate surface area is 77.7 Å². The minimum Gasteiger partial charge on any atom is -0.450 e. The van der Waals surface area contributed by atoms with E-state index in [1.165, 1.54) is 0 Å². The summed E-state index contributed by atoms with van der Waals surface area (Å²) in [4.78, 5) is 10.1. The third kappa shape index (κ3) is 3.78. The Kier molecular flexibility index (Phi) is 5.01. The fourth-order valence-corrected chi connectivity index (χ4v) is 1.27. The van der Waals surface area contributed by atoms with Crippen LogP contribution < -0.4 is 5.32 Å². The van der Waals surface area contributed by atoms with Gasteiger partial charge >= 0.3 is 6.16 Å². The average molecular weight is 196 g/mol. The first-order chi connectivity index (χ1) is 5.18. The van der Waals surface area contributed by atoms with Gasteiger partial charge in [-0.1, -0.05) is 6.92 Å². The van der Waals surface area contributed by atoms with Crippen LogP contribution in [-0.4, -0.2) is 24.0 Å². The molecule has 1 aliphatic rings. The zero-order chi connectivity index (χ0) is 8.27. The van der Waals surface area contributed by atoms with E-state index in [4.69, 9.17) is 5.11 Å². The van der Waals surface area contributed by atoms with Gasteiger partial charge in [0.05, 0.1) is 0 Å². The van der Waals surface area contributed by atoms with Gasteiger partial charge in [0.25, 0.3) is 0 Å².